The topological polar surface area (TPSA) is 98.8 Å². The van der Waals surface area contributed by atoms with E-state index in [-0.39, 0.29) is 11.9 Å². The van der Waals surface area contributed by atoms with Crippen LogP contribution in [0.3, 0.4) is 0 Å². The number of carbonyl (C=O) groups is 1. The lowest BCUT2D eigenvalue weighted by atomic mass is 9.97. The number of aromatic amines is 1. The van der Waals surface area contributed by atoms with Gasteiger partial charge in [-0.15, -0.1) is 0 Å². The van der Waals surface area contributed by atoms with Gasteiger partial charge < -0.3 is 15.5 Å². The van der Waals surface area contributed by atoms with Gasteiger partial charge in [0.25, 0.3) is 0 Å². The summed E-state index contributed by atoms with van der Waals surface area (Å²) in [5, 5.41) is 14.6. The van der Waals surface area contributed by atoms with Crippen LogP contribution in [0.2, 0.25) is 0 Å². The lowest BCUT2D eigenvalue weighted by Gasteiger charge is -2.34. The highest BCUT2D eigenvalue weighted by Crippen LogP contribution is 2.28. The molecule has 1 amide bonds. The third kappa shape index (κ3) is 3.30. The molecule has 0 aliphatic carbocycles. The van der Waals surface area contributed by atoms with Crippen molar-refractivity contribution in [2.75, 3.05) is 31.1 Å². The van der Waals surface area contributed by atoms with Gasteiger partial charge in [0, 0.05) is 25.3 Å². The molecule has 4 heterocycles. The molecule has 134 valence electrons. The molecule has 2 unspecified atom stereocenters. The van der Waals surface area contributed by atoms with E-state index in [1.54, 1.807) is 6.33 Å². The number of aromatic nitrogens is 4. The first-order valence-electron chi connectivity index (χ1n) is 9.14. The molecule has 4 rings (SSSR count). The predicted molar refractivity (Wildman–Crippen MR) is 95.4 cm³/mol. The number of nitrogens with one attached hydrogen (secondary N) is 3. The molecule has 3 N–H and O–H groups in total. The zero-order valence-electron chi connectivity index (χ0n) is 14.6. The Bertz CT molecular complexity index is 753. The molecule has 2 aromatic heterocycles. The van der Waals surface area contributed by atoms with Gasteiger partial charge in [0.1, 0.15) is 12.1 Å². The van der Waals surface area contributed by atoms with Crippen LogP contribution in [0.15, 0.2) is 6.33 Å². The SMILES string of the molecule is Cc1[nH]nc2ncnc(N3CCCC(CNC(=O)C4CCCN4)C3)c12. The van der Waals surface area contributed by atoms with Gasteiger partial charge in [0.15, 0.2) is 5.65 Å². The van der Waals surface area contributed by atoms with Crippen LogP contribution in [-0.4, -0.2) is 58.3 Å². The molecule has 25 heavy (non-hydrogen) atoms. The summed E-state index contributed by atoms with van der Waals surface area (Å²) < 4.78 is 0. The highest BCUT2D eigenvalue weighted by Gasteiger charge is 2.26. The summed E-state index contributed by atoms with van der Waals surface area (Å²) in [6.45, 7) is 5.55. The Hall–Kier alpha value is -2.22. The Labute approximate surface area is 146 Å². The Kier molecular flexibility index (Phi) is 4.52. The van der Waals surface area contributed by atoms with Crippen LogP contribution < -0.4 is 15.5 Å². The van der Waals surface area contributed by atoms with E-state index in [4.69, 9.17) is 0 Å². The minimum Gasteiger partial charge on any atom is -0.356 e. The number of rotatable bonds is 4. The molecule has 0 aromatic carbocycles. The van der Waals surface area contributed by atoms with E-state index < -0.39 is 0 Å². The number of piperidine rings is 1. The summed E-state index contributed by atoms with van der Waals surface area (Å²) in [4.78, 5) is 23.3. The van der Waals surface area contributed by atoms with Crippen molar-refractivity contribution in [2.24, 2.45) is 5.92 Å². The normalized spacial score (nSPS) is 24.0. The van der Waals surface area contributed by atoms with E-state index in [0.29, 0.717) is 11.6 Å². The molecule has 8 nitrogen and oxygen atoms in total. The first kappa shape index (κ1) is 16.3. The van der Waals surface area contributed by atoms with Crippen LogP contribution in [0.1, 0.15) is 31.4 Å². The number of hydrogen-bond donors (Lipinski definition) is 3. The second kappa shape index (κ2) is 6.95. The third-order valence-electron chi connectivity index (χ3n) is 5.27. The molecule has 0 bridgehead atoms. The maximum absolute atomic E-state index is 12.2. The molecule has 2 aromatic rings. The molecule has 0 spiro atoms. The average Bonchev–Trinajstić information content (AvgIpc) is 3.30. The van der Waals surface area contributed by atoms with Gasteiger partial charge in [-0.2, -0.15) is 5.10 Å². The Morgan fingerprint density at radius 2 is 2.28 bits per heavy atom. The van der Waals surface area contributed by atoms with Crippen molar-refractivity contribution in [3.63, 3.8) is 0 Å². The summed E-state index contributed by atoms with van der Waals surface area (Å²) in [5.74, 6) is 1.53. The van der Waals surface area contributed by atoms with Gasteiger partial charge in [0.2, 0.25) is 5.91 Å². The summed E-state index contributed by atoms with van der Waals surface area (Å²) in [5.41, 5.74) is 1.71. The van der Waals surface area contributed by atoms with E-state index in [2.05, 4.69) is 35.7 Å². The number of aryl methyl sites for hydroxylation is 1. The quantitative estimate of drug-likeness (QED) is 0.758. The molecule has 2 atom stereocenters. The standard InChI is InChI=1S/C17H25N7O/c1-11-14-15(23-22-11)20-10-21-16(14)24-7-3-4-12(9-24)8-19-17(25)13-5-2-6-18-13/h10,12-13,18H,2-9H2,1H3,(H,19,25)(H,20,21,22,23). The van der Waals surface area contributed by atoms with Gasteiger partial charge in [-0.3, -0.25) is 9.89 Å². The minimum atomic E-state index is -0.00485. The van der Waals surface area contributed by atoms with Crippen molar-refractivity contribution >= 4 is 22.8 Å². The van der Waals surface area contributed by atoms with Gasteiger partial charge in [-0.1, -0.05) is 0 Å². The second-order valence-corrected chi connectivity index (χ2v) is 7.09. The van der Waals surface area contributed by atoms with Crippen molar-refractivity contribution in [2.45, 2.75) is 38.6 Å². The summed E-state index contributed by atoms with van der Waals surface area (Å²) >= 11 is 0. The largest absolute Gasteiger partial charge is 0.356 e. The number of hydrogen-bond acceptors (Lipinski definition) is 6. The van der Waals surface area contributed by atoms with Crippen LogP contribution in [0, 0.1) is 12.8 Å². The first-order valence-corrected chi connectivity index (χ1v) is 9.14. The Morgan fingerprint density at radius 1 is 1.36 bits per heavy atom. The molecule has 2 fully saturated rings. The van der Waals surface area contributed by atoms with Crippen molar-refractivity contribution in [1.29, 1.82) is 0 Å². The number of fused-ring (bicyclic) bond motifs is 1. The minimum absolute atomic E-state index is 0.00485. The summed E-state index contributed by atoms with van der Waals surface area (Å²) in [6, 6.07) is -0.00485. The van der Waals surface area contributed by atoms with E-state index >= 15 is 0 Å². The molecule has 8 heteroatoms. The lowest BCUT2D eigenvalue weighted by molar-refractivity contribution is -0.122. The van der Waals surface area contributed by atoms with Crippen LogP contribution in [-0.2, 0) is 4.79 Å². The first-order chi connectivity index (χ1) is 12.2. The van der Waals surface area contributed by atoms with Crippen LogP contribution in [0.4, 0.5) is 5.82 Å². The third-order valence-corrected chi connectivity index (χ3v) is 5.27. The van der Waals surface area contributed by atoms with E-state index in [9.17, 15) is 4.79 Å². The highest BCUT2D eigenvalue weighted by atomic mass is 16.2. The fraction of sp³-hybridized carbons (Fsp3) is 0.647. The molecule has 2 aliphatic rings. The van der Waals surface area contributed by atoms with Gasteiger partial charge in [-0.25, -0.2) is 9.97 Å². The van der Waals surface area contributed by atoms with E-state index in [1.165, 1.54) is 0 Å². The second-order valence-electron chi connectivity index (χ2n) is 7.09. The van der Waals surface area contributed by atoms with Gasteiger partial charge in [0.05, 0.1) is 11.4 Å². The fourth-order valence-corrected chi connectivity index (χ4v) is 3.92. The van der Waals surface area contributed by atoms with Crippen molar-refractivity contribution < 1.29 is 4.79 Å². The molecular weight excluding hydrogens is 318 g/mol. The van der Waals surface area contributed by atoms with Crippen molar-refractivity contribution in [1.82, 2.24) is 30.8 Å². The molecule has 2 aliphatic heterocycles. The van der Waals surface area contributed by atoms with E-state index in [1.807, 2.05) is 6.92 Å². The van der Waals surface area contributed by atoms with Crippen LogP contribution in [0.5, 0.6) is 0 Å². The predicted octanol–water partition coefficient (Wildman–Crippen LogP) is 0.746. The van der Waals surface area contributed by atoms with Crippen molar-refractivity contribution in [3.05, 3.63) is 12.0 Å². The number of H-pyrrole nitrogens is 1. The highest BCUT2D eigenvalue weighted by molar-refractivity contribution is 5.89. The number of nitrogens with zero attached hydrogens (tertiary/aromatic N) is 4. The smallest absolute Gasteiger partial charge is 0.237 e. The number of carbonyl (C=O) groups excluding carboxylic acids is 1. The molecule has 2 saturated heterocycles. The zero-order chi connectivity index (χ0) is 17.2. The zero-order valence-corrected chi connectivity index (χ0v) is 14.6. The Balaban J connectivity index is 1.42. The van der Waals surface area contributed by atoms with Crippen LogP contribution >= 0.6 is 0 Å². The molecule has 0 radical (unpaired) electrons. The number of amides is 1. The van der Waals surface area contributed by atoms with E-state index in [0.717, 1.165) is 68.8 Å². The van der Waals surface area contributed by atoms with Crippen molar-refractivity contribution in [3.8, 4) is 0 Å². The lowest BCUT2D eigenvalue weighted by Crippen LogP contribution is -2.45. The maximum atomic E-state index is 12.2. The monoisotopic (exact) mass is 343 g/mol. The Morgan fingerprint density at radius 3 is 3.12 bits per heavy atom. The van der Waals surface area contributed by atoms with Crippen LogP contribution in [0.25, 0.3) is 11.0 Å². The average molecular weight is 343 g/mol. The summed E-state index contributed by atoms with van der Waals surface area (Å²) in [7, 11) is 0. The number of anilines is 1. The fourth-order valence-electron chi connectivity index (χ4n) is 3.92. The summed E-state index contributed by atoms with van der Waals surface area (Å²) in [6.07, 6.45) is 5.84. The molecule has 0 saturated carbocycles. The maximum Gasteiger partial charge on any atom is 0.237 e. The van der Waals surface area contributed by atoms with Gasteiger partial charge >= 0.3 is 0 Å². The van der Waals surface area contributed by atoms with Gasteiger partial charge in [-0.05, 0) is 45.1 Å². The molecular formula is C17H25N7O.